The van der Waals surface area contributed by atoms with Crippen LogP contribution in [0.4, 0.5) is 0 Å². The minimum absolute atomic E-state index is 0. The SMILES string of the molecule is O.O=S(=O)([O-])[O-].O=S(=O)([O-])[O-].[Mg+2].[Mg+2].[Mg+2].[OH-].[OH-]. The minimum atomic E-state index is -5.17. The minimum Gasteiger partial charge on any atom is -0.870 e. The number of rotatable bonds is 0. The summed E-state index contributed by atoms with van der Waals surface area (Å²) in [5.74, 6) is 0. The van der Waals surface area contributed by atoms with Crippen LogP contribution in [0.1, 0.15) is 0 Å². The third-order valence-corrected chi connectivity index (χ3v) is 0. The Morgan fingerprint density at radius 2 is 0.562 bits per heavy atom. The molecule has 0 aliphatic rings. The van der Waals surface area contributed by atoms with Gasteiger partial charge in [-0.25, -0.2) is 0 Å². The zero-order valence-corrected chi connectivity index (χ0v) is 13.5. The van der Waals surface area contributed by atoms with Gasteiger partial charge in [0.2, 0.25) is 0 Å². The van der Waals surface area contributed by atoms with Crippen LogP contribution >= 0.6 is 0 Å². The van der Waals surface area contributed by atoms with Gasteiger partial charge < -0.3 is 34.6 Å². The number of hydrogen-bond acceptors (Lipinski definition) is 10. The van der Waals surface area contributed by atoms with E-state index in [1.807, 2.05) is 0 Å². The van der Waals surface area contributed by atoms with Crippen LogP contribution in [0.25, 0.3) is 0 Å². The Hall–Kier alpha value is 1.92. The van der Waals surface area contributed by atoms with Gasteiger partial charge in [0.1, 0.15) is 0 Å². The average Bonchev–Trinajstić information content (AvgIpc) is 1.12. The Morgan fingerprint density at radius 1 is 0.562 bits per heavy atom. The van der Waals surface area contributed by atoms with Crippen LogP contribution in [-0.4, -0.2) is 121 Å². The van der Waals surface area contributed by atoms with Crippen molar-refractivity contribution in [2.75, 3.05) is 0 Å². The molecule has 0 radical (unpaired) electrons. The van der Waals surface area contributed by atoms with Crippen molar-refractivity contribution in [2.45, 2.75) is 0 Å². The molecule has 0 aromatic rings. The summed E-state index contributed by atoms with van der Waals surface area (Å²) >= 11 is 0. The van der Waals surface area contributed by atoms with Gasteiger partial charge in [-0.05, 0) is 0 Å². The second-order valence-electron chi connectivity index (χ2n) is 0.816. The van der Waals surface area contributed by atoms with Gasteiger partial charge in [-0.3, -0.25) is 16.8 Å². The monoisotopic (exact) mass is 316 g/mol. The Kier molecular flexibility index (Phi) is 72.1. The Bertz CT molecular complexity index is 216. The molecule has 0 spiro atoms. The average molecular weight is 317 g/mol. The van der Waals surface area contributed by atoms with Crippen molar-refractivity contribution in [3.05, 3.63) is 0 Å². The van der Waals surface area contributed by atoms with E-state index in [0.717, 1.165) is 0 Å². The third-order valence-electron chi connectivity index (χ3n) is 0. The molecule has 0 saturated carbocycles. The standard InChI is InChI=1S/3Mg.2H2O4S.3H2O/c;;;2*1-5(2,3)4;;;/h;;;2*(H2,1,2,3,4);3*1H2/q3*+2;;;;;/p-6. The van der Waals surface area contributed by atoms with Gasteiger partial charge in [0, 0.05) is 20.8 Å². The first kappa shape index (κ1) is 52.1. The molecule has 0 aromatic carbocycles. The molecule has 0 saturated heterocycles. The maximum atomic E-state index is 8.52. The summed E-state index contributed by atoms with van der Waals surface area (Å²) in [5, 5.41) is 0. The molecule has 0 atom stereocenters. The molecular weight excluding hydrogens is 313 g/mol. The van der Waals surface area contributed by atoms with Crippen molar-refractivity contribution in [3.8, 4) is 0 Å². The van der Waals surface area contributed by atoms with E-state index in [1.165, 1.54) is 0 Å². The van der Waals surface area contributed by atoms with E-state index >= 15 is 0 Å². The topological polar surface area (TPSA) is 252 Å². The summed E-state index contributed by atoms with van der Waals surface area (Å²) in [5.41, 5.74) is 0. The first-order chi connectivity index (χ1) is 4.00. The van der Waals surface area contributed by atoms with E-state index in [9.17, 15) is 0 Å². The summed E-state index contributed by atoms with van der Waals surface area (Å²) in [4.78, 5) is 0. The van der Waals surface area contributed by atoms with Crippen LogP contribution in [0.5, 0.6) is 0 Å². The van der Waals surface area contributed by atoms with Crippen molar-refractivity contribution in [3.63, 3.8) is 0 Å². The molecule has 0 unspecified atom stereocenters. The van der Waals surface area contributed by atoms with Crippen molar-refractivity contribution < 1.29 is 51.5 Å². The molecule has 0 aromatic heterocycles. The summed E-state index contributed by atoms with van der Waals surface area (Å²) < 4.78 is 68.2. The molecule has 88 valence electrons. The van der Waals surface area contributed by atoms with E-state index in [2.05, 4.69) is 0 Å². The van der Waals surface area contributed by atoms with Gasteiger partial charge in [0.05, 0.1) is 0 Å². The molecule has 4 N–H and O–H groups in total. The summed E-state index contributed by atoms with van der Waals surface area (Å²) in [6.45, 7) is 0. The fourth-order valence-corrected chi connectivity index (χ4v) is 0. The second kappa shape index (κ2) is 22.1. The van der Waals surface area contributed by atoms with Gasteiger partial charge in [0.25, 0.3) is 0 Å². The summed E-state index contributed by atoms with van der Waals surface area (Å²) in [6.07, 6.45) is 0. The zero-order valence-electron chi connectivity index (χ0n) is 7.60. The van der Waals surface area contributed by atoms with Gasteiger partial charge >= 0.3 is 69.2 Å². The maximum Gasteiger partial charge on any atom is 2.00 e. The molecule has 0 aliphatic heterocycles. The maximum absolute atomic E-state index is 8.52. The first-order valence-corrected chi connectivity index (χ1v) is 4.00. The van der Waals surface area contributed by atoms with Crippen molar-refractivity contribution >= 4 is 90.0 Å². The Labute approximate surface area is 140 Å². The molecule has 0 heterocycles. The van der Waals surface area contributed by atoms with Gasteiger partial charge in [-0.15, -0.1) is 0 Å². The van der Waals surface area contributed by atoms with Gasteiger partial charge in [0.15, 0.2) is 0 Å². The van der Waals surface area contributed by atoms with E-state index in [4.69, 9.17) is 35.0 Å². The van der Waals surface area contributed by atoms with Crippen LogP contribution in [0.3, 0.4) is 0 Å². The summed E-state index contributed by atoms with van der Waals surface area (Å²) in [6, 6.07) is 0. The Balaban J connectivity index is -0.00000000970. The predicted octanol–water partition coefficient (Wildman–Crippen LogP) is -5.00. The van der Waals surface area contributed by atoms with Gasteiger partial charge in [-0.1, -0.05) is 0 Å². The molecule has 16 heavy (non-hydrogen) atoms. The molecule has 11 nitrogen and oxygen atoms in total. The van der Waals surface area contributed by atoms with Gasteiger partial charge in [-0.2, -0.15) is 0 Å². The normalized spacial score (nSPS) is 7.25. The molecule has 0 fully saturated rings. The third kappa shape index (κ3) is 962. The first-order valence-electron chi connectivity index (χ1n) is 1.33. The van der Waals surface area contributed by atoms with Crippen molar-refractivity contribution in [1.29, 1.82) is 0 Å². The van der Waals surface area contributed by atoms with Crippen molar-refractivity contribution in [2.24, 2.45) is 0 Å². The fraction of sp³-hybridized carbons (Fsp3) is 0. The fourth-order valence-electron chi connectivity index (χ4n) is 0. The molecule has 0 aliphatic carbocycles. The van der Waals surface area contributed by atoms with Crippen LogP contribution in [0.15, 0.2) is 0 Å². The molecular formula is H4Mg3O11S2. The van der Waals surface area contributed by atoms with Crippen molar-refractivity contribution in [1.82, 2.24) is 0 Å². The number of hydrogen-bond donors (Lipinski definition) is 0. The van der Waals surface area contributed by atoms with E-state index in [-0.39, 0.29) is 85.6 Å². The predicted molar refractivity (Wildman–Crippen MR) is 45.7 cm³/mol. The zero-order chi connectivity index (χ0) is 9.00. The van der Waals surface area contributed by atoms with Crippen LogP contribution in [0.2, 0.25) is 0 Å². The summed E-state index contributed by atoms with van der Waals surface area (Å²) in [7, 11) is -10.3. The molecule has 0 bridgehead atoms. The second-order valence-corrected chi connectivity index (χ2v) is 2.45. The smallest absolute Gasteiger partial charge is 0.870 e. The molecule has 16 heteroatoms. The van der Waals surface area contributed by atoms with Crippen LogP contribution in [-0.2, 0) is 20.8 Å². The van der Waals surface area contributed by atoms with E-state index in [0.29, 0.717) is 0 Å². The Morgan fingerprint density at radius 3 is 0.562 bits per heavy atom. The van der Waals surface area contributed by atoms with E-state index in [1.54, 1.807) is 0 Å². The molecule has 0 amide bonds. The van der Waals surface area contributed by atoms with Crippen LogP contribution < -0.4 is 0 Å². The van der Waals surface area contributed by atoms with E-state index < -0.39 is 20.8 Å². The quantitative estimate of drug-likeness (QED) is 0.233. The molecule has 0 rings (SSSR count). The van der Waals surface area contributed by atoms with Crippen LogP contribution in [0, 0.1) is 0 Å². The largest absolute Gasteiger partial charge is 2.00 e.